The van der Waals surface area contributed by atoms with E-state index in [0.717, 1.165) is 37.7 Å². The minimum absolute atomic E-state index is 0.0106. The van der Waals surface area contributed by atoms with Crippen molar-refractivity contribution in [3.05, 3.63) is 35.5 Å². The van der Waals surface area contributed by atoms with Crippen LogP contribution in [0.1, 0.15) is 66.2 Å². The number of Topliss-reactive ketones (excluding diaryl/α,β-unsaturated/α-hetero) is 1. The summed E-state index contributed by atoms with van der Waals surface area (Å²) in [5.41, 5.74) is 1.89. The van der Waals surface area contributed by atoms with Crippen molar-refractivity contribution in [1.82, 2.24) is 0 Å². The molecule has 4 nitrogen and oxygen atoms in total. The van der Waals surface area contributed by atoms with Crippen molar-refractivity contribution in [1.29, 1.82) is 0 Å². The number of ether oxygens (including phenoxy) is 1. The molecule has 5 heteroatoms. The standard InChI is InChI=1S/C27H35ClO4/c1-5-6-7-24(31)32-15-23(30)25-16(2)12-20-18-14-22(28)21-13-17(29)8-10-26(21,3)19(18)9-11-27(20,25)4/h8-10,13,16,18,20,22,25H,5-7,11-12,14-15H2,1-4H3/t16-,18-,20+,22+,25-,26-,27+/m1/s1. The summed E-state index contributed by atoms with van der Waals surface area (Å²) in [6.07, 6.45) is 12.4. The zero-order chi connectivity index (χ0) is 23.3. The summed E-state index contributed by atoms with van der Waals surface area (Å²) in [4.78, 5) is 37.2. The number of rotatable bonds is 6. The Hall–Kier alpha value is -1.68. The Morgan fingerprint density at radius 2 is 1.97 bits per heavy atom. The zero-order valence-electron chi connectivity index (χ0n) is 19.7. The highest BCUT2D eigenvalue weighted by Crippen LogP contribution is 2.65. The lowest BCUT2D eigenvalue weighted by atomic mass is 9.52. The molecular formula is C27H35ClO4. The van der Waals surface area contributed by atoms with Crippen LogP contribution in [0.4, 0.5) is 0 Å². The molecule has 0 bridgehead atoms. The maximum atomic E-state index is 13.3. The van der Waals surface area contributed by atoms with Gasteiger partial charge in [0.25, 0.3) is 0 Å². The van der Waals surface area contributed by atoms with Crippen molar-refractivity contribution in [3.8, 4) is 0 Å². The highest BCUT2D eigenvalue weighted by atomic mass is 35.5. The Bertz CT molecular complexity index is 915. The van der Waals surface area contributed by atoms with Crippen molar-refractivity contribution in [2.45, 2.75) is 71.6 Å². The van der Waals surface area contributed by atoms with E-state index in [4.69, 9.17) is 16.3 Å². The average molecular weight is 459 g/mol. The molecule has 32 heavy (non-hydrogen) atoms. The van der Waals surface area contributed by atoms with Crippen molar-refractivity contribution in [2.24, 2.45) is 34.5 Å². The smallest absolute Gasteiger partial charge is 0.306 e. The number of unbranched alkanes of at least 4 members (excludes halogenated alkanes) is 1. The predicted octanol–water partition coefficient (Wildman–Crippen LogP) is 5.60. The fourth-order valence-corrected chi connectivity index (χ4v) is 7.70. The summed E-state index contributed by atoms with van der Waals surface area (Å²) in [5, 5.41) is -0.178. The van der Waals surface area contributed by atoms with Gasteiger partial charge in [-0.1, -0.05) is 44.9 Å². The summed E-state index contributed by atoms with van der Waals surface area (Å²) in [5.74, 6) is 0.555. The molecule has 0 saturated heterocycles. The Kier molecular flexibility index (Phi) is 6.30. The summed E-state index contributed by atoms with van der Waals surface area (Å²) in [7, 11) is 0. The van der Waals surface area contributed by atoms with E-state index in [-0.39, 0.29) is 52.2 Å². The van der Waals surface area contributed by atoms with Crippen molar-refractivity contribution < 1.29 is 19.1 Å². The highest BCUT2D eigenvalue weighted by Gasteiger charge is 2.60. The fourth-order valence-electron chi connectivity index (χ4n) is 7.22. The monoisotopic (exact) mass is 458 g/mol. The molecule has 2 saturated carbocycles. The van der Waals surface area contributed by atoms with Gasteiger partial charge in [-0.3, -0.25) is 14.4 Å². The summed E-state index contributed by atoms with van der Waals surface area (Å²) in [6.45, 7) is 8.50. The minimum Gasteiger partial charge on any atom is -0.458 e. The molecule has 4 aliphatic carbocycles. The summed E-state index contributed by atoms with van der Waals surface area (Å²) in [6, 6.07) is 0. The molecule has 4 rings (SSSR count). The number of ketones is 2. The SMILES string of the molecule is CCCCC(=O)OCC(=O)[C@H]1[C@H](C)C[C@H]2[C@@H]3C[C@H](Cl)C4=CC(=O)C=C[C@]4(C)C3=CC[C@@]21C. The van der Waals surface area contributed by atoms with Crippen LogP contribution in [-0.4, -0.2) is 29.5 Å². The molecule has 0 amide bonds. The number of esters is 1. The first-order chi connectivity index (χ1) is 15.1. The van der Waals surface area contributed by atoms with Gasteiger partial charge in [0.15, 0.2) is 11.6 Å². The lowest BCUT2D eigenvalue weighted by Crippen LogP contribution is -2.47. The van der Waals surface area contributed by atoms with E-state index >= 15 is 0 Å². The van der Waals surface area contributed by atoms with Gasteiger partial charge < -0.3 is 4.74 Å². The van der Waals surface area contributed by atoms with E-state index in [1.807, 2.05) is 13.0 Å². The van der Waals surface area contributed by atoms with Gasteiger partial charge in [-0.05, 0) is 73.5 Å². The number of carbonyl (C=O) groups excluding carboxylic acids is 3. The maximum absolute atomic E-state index is 13.3. The third kappa shape index (κ3) is 3.73. The van der Waals surface area contributed by atoms with Crippen LogP contribution in [0.15, 0.2) is 35.5 Å². The van der Waals surface area contributed by atoms with Gasteiger partial charge in [-0.25, -0.2) is 0 Å². The van der Waals surface area contributed by atoms with Gasteiger partial charge in [0, 0.05) is 17.8 Å². The van der Waals surface area contributed by atoms with Crippen molar-refractivity contribution >= 4 is 29.1 Å². The largest absolute Gasteiger partial charge is 0.458 e. The van der Waals surface area contributed by atoms with E-state index in [9.17, 15) is 14.4 Å². The van der Waals surface area contributed by atoms with E-state index in [2.05, 4.69) is 26.8 Å². The Balaban J connectivity index is 1.58. The van der Waals surface area contributed by atoms with Crippen LogP contribution in [0.2, 0.25) is 0 Å². The van der Waals surface area contributed by atoms with Crippen molar-refractivity contribution in [3.63, 3.8) is 0 Å². The number of fused-ring (bicyclic) bond motifs is 5. The van der Waals surface area contributed by atoms with E-state index < -0.39 is 0 Å². The van der Waals surface area contributed by atoms with Gasteiger partial charge in [-0.15, -0.1) is 11.6 Å². The second-order valence-corrected chi connectivity index (χ2v) is 11.3. The lowest BCUT2D eigenvalue weighted by molar-refractivity contribution is -0.150. The molecule has 0 aromatic heterocycles. The van der Waals surface area contributed by atoms with Crippen LogP contribution in [0.5, 0.6) is 0 Å². The van der Waals surface area contributed by atoms with Crippen LogP contribution < -0.4 is 0 Å². The minimum atomic E-state index is -0.315. The van der Waals surface area contributed by atoms with Crippen molar-refractivity contribution in [2.75, 3.05) is 6.61 Å². The summed E-state index contributed by atoms with van der Waals surface area (Å²) < 4.78 is 5.34. The number of hydrogen-bond donors (Lipinski definition) is 0. The highest BCUT2D eigenvalue weighted by molar-refractivity contribution is 6.23. The van der Waals surface area contributed by atoms with Crippen LogP contribution in [-0.2, 0) is 19.1 Å². The second kappa shape index (κ2) is 8.59. The van der Waals surface area contributed by atoms with E-state index in [1.165, 1.54) is 5.57 Å². The Labute approximate surface area is 196 Å². The van der Waals surface area contributed by atoms with E-state index in [1.54, 1.807) is 12.2 Å². The molecule has 174 valence electrons. The molecule has 0 aromatic rings. The molecule has 2 fully saturated rings. The predicted molar refractivity (Wildman–Crippen MR) is 125 cm³/mol. The zero-order valence-corrected chi connectivity index (χ0v) is 20.4. The number of carbonyl (C=O) groups is 3. The second-order valence-electron chi connectivity index (χ2n) is 10.7. The quantitative estimate of drug-likeness (QED) is 0.295. The molecule has 7 atom stereocenters. The molecule has 0 aliphatic heterocycles. The van der Waals surface area contributed by atoms with Gasteiger partial charge in [0.1, 0.15) is 6.61 Å². The number of allylic oxidation sites excluding steroid dienone is 6. The molecule has 0 N–H and O–H groups in total. The summed E-state index contributed by atoms with van der Waals surface area (Å²) >= 11 is 6.86. The average Bonchev–Trinajstić information content (AvgIpc) is 3.02. The Morgan fingerprint density at radius 3 is 2.69 bits per heavy atom. The molecule has 0 aromatic carbocycles. The first kappa shape index (κ1) is 23.5. The first-order valence-electron chi connectivity index (χ1n) is 12.1. The third-order valence-electron chi connectivity index (χ3n) is 8.73. The van der Waals surface area contributed by atoms with Gasteiger partial charge in [0.2, 0.25) is 0 Å². The lowest BCUT2D eigenvalue weighted by Gasteiger charge is -2.53. The van der Waals surface area contributed by atoms with E-state index in [0.29, 0.717) is 18.3 Å². The number of halogens is 1. The number of hydrogen-bond acceptors (Lipinski definition) is 4. The van der Waals surface area contributed by atoms with Crippen LogP contribution in [0, 0.1) is 34.5 Å². The number of alkyl halides is 1. The van der Waals surface area contributed by atoms with Gasteiger partial charge in [0.05, 0.1) is 5.38 Å². The van der Waals surface area contributed by atoms with Gasteiger partial charge in [-0.2, -0.15) is 0 Å². The van der Waals surface area contributed by atoms with Gasteiger partial charge >= 0.3 is 5.97 Å². The molecule has 0 unspecified atom stereocenters. The molecule has 0 heterocycles. The normalized spacial score (nSPS) is 40.0. The third-order valence-corrected chi connectivity index (χ3v) is 9.15. The Morgan fingerprint density at radius 1 is 1.22 bits per heavy atom. The maximum Gasteiger partial charge on any atom is 0.306 e. The van der Waals surface area contributed by atoms with Crippen LogP contribution in [0.3, 0.4) is 0 Å². The molecule has 0 radical (unpaired) electrons. The molecule has 4 aliphatic rings. The van der Waals surface area contributed by atoms with Crippen LogP contribution in [0.25, 0.3) is 0 Å². The first-order valence-corrected chi connectivity index (χ1v) is 12.5. The molecule has 0 spiro atoms. The fraction of sp³-hybridized carbons (Fsp3) is 0.667. The molecular weight excluding hydrogens is 424 g/mol. The topological polar surface area (TPSA) is 60.4 Å². The van der Waals surface area contributed by atoms with Crippen LogP contribution >= 0.6 is 11.6 Å².